The van der Waals surface area contributed by atoms with Crippen molar-refractivity contribution in [3.63, 3.8) is 0 Å². The van der Waals surface area contributed by atoms with Gasteiger partial charge in [0.15, 0.2) is 0 Å². The summed E-state index contributed by atoms with van der Waals surface area (Å²) in [6.45, 7) is 1.21. The van der Waals surface area contributed by atoms with Gasteiger partial charge in [-0.25, -0.2) is 17.5 Å². The van der Waals surface area contributed by atoms with Crippen molar-refractivity contribution < 1.29 is 32.6 Å². The van der Waals surface area contributed by atoms with E-state index >= 15 is 0 Å². The normalized spacial score (nSPS) is 12.7. The van der Waals surface area contributed by atoms with E-state index in [0.29, 0.717) is 0 Å². The average Bonchev–Trinajstić information content (AvgIpc) is 2.52. The molecule has 1 unspecified atom stereocenters. The minimum absolute atomic E-state index is 0.0317. The Hall–Kier alpha value is -2.13. The number of hydrogen-bond acceptors (Lipinski definition) is 6. The molecule has 23 heavy (non-hydrogen) atoms. The van der Waals surface area contributed by atoms with Gasteiger partial charge in [0.05, 0.1) is 25.0 Å². The lowest BCUT2D eigenvalue weighted by atomic mass is 10.2. The smallest absolute Gasteiger partial charge is 0.341 e. The van der Waals surface area contributed by atoms with Crippen LogP contribution in [0.5, 0.6) is 5.75 Å². The molecular weight excluding hydrogens is 326 g/mol. The molecule has 0 aromatic heterocycles. The molecule has 9 heteroatoms. The fraction of sp³-hybridized carbons (Fsp3) is 0.429. The first kappa shape index (κ1) is 18.9. The lowest BCUT2D eigenvalue weighted by Gasteiger charge is -2.20. The summed E-state index contributed by atoms with van der Waals surface area (Å²) in [5.74, 6) is -2.53. The molecule has 1 N–H and O–H groups in total. The maximum Gasteiger partial charge on any atom is 0.341 e. The highest BCUT2D eigenvalue weighted by atomic mass is 32.2. The van der Waals surface area contributed by atoms with E-state index in [1.807, 2.05) is 0 Å². The summed E-state index contributed by atoms with van der Waals surface area (Å²) in [5.41, 5.74) is -0.0317. The number of aliphatic carboxylic acids is 1. The minimum atomic E-state index is -3.95. The number of methoxy groups -OCH3 is 2. The molecule has 0 bridgehead atoms. The molecule has 0 saturated heterocycles. The summed E-state index contributed by atoms with van der Waals surface area (Å²) in [6.07, 6.45) is 0. The van der Waals surface area contributed by atoms with Gasteiger partial charge in [0.2, 0.25) is 10.0 Å². The van der Waals surface area contributed by atoms with Gasteiger partial charge < -0.3 is 14.6 Å². The molecule has 1 rings (SSSR count). The number of benzene rings is 1. The first-order chi connectivity index (χ1) is 10.6. The summed E-state index contributed by atoms with van der Waals surface area (Å²) in [4.78, 5) is 22.4. The predicted octanol–water partition coefficient (Wildman–Crippen LogP) is 0.823. The molecule has 0 aliphatic carbocycles. The minimum Gasteiger partial charge on any atom is -0.496 e. The summed E-state index contributed by atoms with van der Waals surface area (Å²) < 4.78 is 35.5. The zero-order valence-electron chi connectivity index (χ0n) is 13.3. The molecule has 0 amide bonds. The zero-order chi connectivity index (χ0) is 17.8. The molecule has 8 nitrogen and oxygen atoms in total. The van der Waals surface area contributed by atoms with Gasteiger partial charge in [-0.1, -0.05) is 6.92 Å². The second-order valence-corrected chi connectivity index (χ2v) is 6.92. The molecule has 0 aliphatic heterocycles. The number of carboxylic acid groups (broad SMARTS) is 1. The SMILES string of the molecule is COC(=O)c1cc(S(=O)(=O)N(C)CC(C)C(=O)O)ccc1OC. The lowest BCUT2D eigenvalue weighted by molar-refractivity contribution is -0.141. The monoisotopic (exact) mass is 345 g/mol. The van der Waals surface area contributed by atoms with Gasteiger partial charge in [0, 0.05) is 13.6 Å². The van der Waals surface area contributed by atoms with Crippen molar-refractivity contribution >= 4 is 22.0 Å². The molecule has 1 aromatic rings. The number of esters is 1. The quantitative estimate of drug-likeness (QED) is 0.729. The number of sulfonamides is 1. The topological polar surface area (TPSA) is 110 Å². The van der Waals surface area contributed by atoms with Crippen LogP contribution in [-0.4, -0.2) is 57.6 Å². The van der Waals surface area contributed by atoms with Crippen molar-refractivity contribution in [1.29, 1.82) is 0 Å². The summed E-state index contributed by atoms with van der Waals surface area (Å²) in [7, 11) is -0.161. The van der Waals surface area contributed by atoms with Crippen LogP contribution in [0, 0.1) is 5.92 Å². The van der Waals surface area contributed by atoms with Gasteiger partial charge in [-0.15, -0.1) is 0 Å². The van der Waals surface area contributed by atoms with Crippen LogP contribution in [0.25, 0.3) is 0 Å². The second kappa shape index (κ2) is 7.42. The first-order valence-electron chi connectivity index (χ1n) is 6.60. The number of ether oxygens (including phenoxy) is 2. The molecular formula is C14H19NO7S. The molecule has 0 heterocycles. The van der Waals surface area contributed by atoms with Crippen molar-refractivity contribution in [2.24, 2.45) is 5.92 Å². The van der Waals surface area contributed by atoms with Crippen LogP contribution in [0.3, 0.4) is 0 Å². The van der Waals surface area contributed by atoms with Crippen LogP contribution >= 0.6 is 0 Å². The van der Waals surface area contributed by atoms with E-state index in [-0.39, 0.29) is 22.8 Å². The molecule has 0 fully saturated rings. The van der Waals surface area contributed by atoms with Gasteiger partial charge >= 0.3 is 11.9 Å². The van der Waals surface area contributed by atoms with Crippen LogP contribution in [0.2, 0.25) is 0 Å². The van der Waals surface area contributed by atoms with Gasteiger partial charge in [-0.2, -0.15) is 0 Å². The number of nitrogens with zero attached hydrogens (tertiary/aromatic N) is 1. The van der Waals surface area contributed by atoms with E-state index in [1.54, 1.807) is 0 Å². The van der Waals surface area contributed by atoms with Crippen molar-refractivity contribution in [3.05, 3.63) is 23.8 Å². The van der Waals surface area contributed by atoms with Crippen LogP contribution in [0.4, 0.5) is 0 Å². The Bertz CT molecular complexity index is 699. The van der Waals surface area contributed by atoms with E-state index in [0.717, 1.165) is 10.4 Å². The Morgan fingerprint density at radius 1 is 1.30 bits per heavy atom. The number of carbonyl (C=O) groups is 2. The molecule has 1 aromatic carbocycles. The lowest BCUT2D eigenvalue weighted by Crippen LogP contribution is -2.33. The number of hydrogen-bond donors (Lipinski definition) is 1. The molecule has 0 spiro atoms. The van der Waals surface area contributed by atoms with E-state index < -0.39 is 27.9 Å². The maximum atomic E-state index is 12.5. The Morgan fingerprint density at radius 3 is 2.39 bits per heavy atom. The Morgan fingerprint density at radius 2 is 1.91 bits per heavy atom. The zero-order valence-corrected chi connectivity index (χ0v) is 14.1. The fourth-order valence-electron chi connectivity index (χ4n) is 1.86. The first-order valence-corrected chi connectivity index (χ1v) is 8.04. The number of carbonyl (C=O) groups excluding carboxylic acids is 1. The third-order valence-corrected chi connectivity index (χ3v) is 5.06. The fourth-order valence-corrected chi connectivity index (χ4v) is 3.15. The molecule has 0 saturated carbocycles. The highest BCUT2D eigenvalue weighted by molar-refractivity contribution is 7.89. The van der Waals surface area contributed by atoms with Crippen LogP contribution in [-0.2, 0) is 19.6 Å². The Kier molecular flexibility index (Phi) is 6.11. The van der Waals surface area contributed by atoms with Crippen LogP contribution in [0.15, 0.2) is 23.1 Å². The van der Waals surface area contributed by atoms with E-state index in [2.05, 4.69) is 4.74 Å². The van der Waals surface area contributed by atoms with Crippen molar-refractivity contribution in [3.8, 4) is 5.75 Å². The Labute approximate surface area is 134 Å². The molecule has 128 valence electrons. The molecule has 1 atom stereocenters. The van der Waals surface area contributed by atoms with E-state index in [9.17, 15) is 18.0 Å². The predicted molar refractivity (Wildman–Crippen MR) is 80.9 cm³/mol. The second-order valence-electron chi connectivity index (χ2n) is 4.88. The Balaban J connectivity index is 3.23. The summed E-state index contributed by atoms with van der Waals surface area (Å²) >= 11 is 0. The van der Waals surface area contributed by atoms with Gasteiger partial charge in [0.1, 0.15) is 11.3 Å². The third-order valence-electron chi connectivity index (χ3n) is 3.24. The van der Waals surface area contributed by atoms with Crippen molar-refractivity contribution in [2.75, 3.05) is 27.8 Å². The highest BCUT2D eigenvalue weighted by Crippen LogP contribution is 2.25. The average molecular weight is 345 g/mol. The van der Waals surface area contributed by atoms with Crippen molar-refractivity contribution in [1.82, 2.24) is 4.31 Å². The standard InChI is InChI=1S/C14H19NO7S/c1-9(13(16)17)8-15(2)23(19,20)10-5-6-12(21-3)11(7-10)14(18)22-4/h5-7,9H,8H2,1-4H3,(H,16,17). The maximum absolute atomic E-state index is 12.5. The van der Waals surface area contributed by atoms with Gasteiger partial charge in [-0.3, -0.25) is 4.79 Å². The van der Waals surface area contributed by atoms with E-state index in [4.69, 9.17) is 9.84 Å². The van der Waals surface area contributed by atoms with Crippen LogP contribution in [0.1, 0.15) is 17.3 Å². The summed E-state index contributed by atoms with van der Waals surface area (Å²) in [6, 6.07) is 3.76. The highest BCUT2D eigenvalue weighted by Gasteiger charge is 2.26. The number of rotatable bonds is 7. The number of carboxylic acids is 1. The molecule has 0 aliphatic rings. The molecule has 0 radical (unpaired) electrons. The van der Waals surface area contributed by atoms with Gasteiger partial charge in [0.25, 0.3) is 0 Å². The van der Waals surface area contributed by atoms with Gasteiger partial charge in [-0.05, 0) is 18.2 Å². The summed E-state index contributed by atoms with van der Waals surface area (Å²) in [5, 5.41) is 8.89. The van der Waals surface area contributed by atoms with Crippen LogP contribution < -0.4 is 4.74 Å². The van der Waals surface area contributed by atoms with E-state index in [1.165, 1.54) is 40.3 Å². The largest absolute Gasteiger partial charge is 0.496 e. The third kappa shape index (κ3) is 4.20. The van der Waals surface area contributed by atoms with Crippen molar-refractivity contribution in [2.45, 2.75) is 11.8 Å².